The molecule has 144 valence electrons. The van der Waals surface area contributed by atoms with Gasteiger partial charge < -0.3 is 5.32 Å². The number of nitrogens with zero attached hydrogens (tertiary/aromatic N) is 2. The number of nitrogens with one attached hydrogen (secondary N) is 1. The molecule has 0 spiro atoms. The lowest BCUT2D eigenvalue weighted by molar-refractivity contribution is -0.122. The van der Waals surface area contributed by atoms with Gasteiger partial charge in [0.2, 0.25) is 0 Å². The fourth-order valence-corrected chi connectivity index (χ4v) is 3.78. The first kappa shape index (κ1) is 20.7. The summed E-state index contributed by atoms with van der Waals surface area (Å²) in [5.74, 6) is -0.817. The summed E-state index contributed by atoms with van der Waals surface area (Å²) in [7, 11) is 0. The summed E-state index contributed by atoms with van der Waals surface area (Å²) in [4.78, 5) is 41.8. The second-order valence-corrected chi connectivity index (χ2v) is 7.85. The van der Waals surface area contributed by atoms with Crippen molar-refractivity contribution in [2.45, 2.75) is 0 Å². The Balaban J connectivity index is 1.61. The molecule has 2 aromatic rings. The molecule has 1 N–H and O–H groups in total. The molecule has 1 saturated heterocycles. The zero-order valence-corrected chi connectivity index (χ0v) is 17.2. The van der Waals surface area contributed by atoms with Gasteiger partial charge in [-0.1, -0.05) is 40.9 Å². The van der Waals surface area contributed by atoms with Crippen molar-refractivity contribution in [2.75, 3.05) is 13.1 Å². The highest BCUT2D eigenvalue weighted by Crippen LogP contribution is 2.33. The molecule has 0 aliphatic carbocycles. The summed E-state index contributed by atoms with van der Waals surface area (Å²) in [6.45, 7) is 0.150. The normalized spacial score (nSPS) is 15.4. The molecule has 0 atom stereocenters. The minimum atomic E-state index is -0.441. The maximum atomic E-state index is 12.5. The number of carbonyl (C=O) groups excluding carboxylic acids is 3. The van der Waals surface area contributed by atoms with Crippen LogP contribution in [0.2, 0.25) is 15.2 Å². The van der Waals surface area contributed by atoms with Gasteiger partial charge in [0, 0.05) is 29.3 Å². The van der Waals surface area contributed by atoms with Gasteiger partial charge in [0.25, 0.3) is 17.1 Å². The van der Waals surface area contributed by atoms with E-state index < -0.39 is 11.1 Å². The van der Waals surface area contributed by atoms with E-state index in [1.165, 1.54) is 18.3 Å². The van der Waals surface area contributed by atoms with E-state index in [9.17, 15) is 14.4 Å². The number of rotatable bonds is 5. The standard InChI is InChI=1S/C18H12Cl3N3O3S/c19-12-3-1-10(13(20)8-12)7-14-17(26)24(18(27)28-14)6-5-22-16(25)11-2-4-15(21)23-9-11/h1-4,7-9H,5-6H2,(H,22,25)/b14-7-. The third-order valence-electron chi connectivity index (χ3n) is 3.73. The second-order valence-electron chi connectivity index (χ2n) is 5.62. The highest BCUT2D eigenvalue weighted by atomic mass is 35.5. The zero-order valence-electron chi connectivity index (χ0n) is 14.1. The molecule has 0 bridgehead atoms. The van der Waals surface area contributed by atoms with Crippen molar-refractivity contribution in [3.05, 3.63) is 67.8 Å². The van der Waals surface area contributed by atoms with Crippen molar-refractivity contribution in [1.29, 1.82) is 0 Å². The molecule has 1 aromatic carbocycles. The summed E-state index contributed by atoms with van der Waals surface area (Å²) < 4.78 is 0. The Labute approximate surface area is 179 Å². The highest BCUT2D eigenvalue weighted by molar-refractivity contribution is 8.18. The van der Waals surface area contributed by atoms with Gasteiger partial charge in [0.15, 0.2) is 0 Å². The molecule has 6 nitrogen and oxygen atoms in total. The van der Waals surface area contributed by atoms with Gasteiger partial charge in [-0.15, -0.1) is 0 Å². The van der Waals surface area contributed by atoms with E-state index in [2.05, 4.69) is 10.3 Å². The van der Waals surface area contributed by atoms with Crippen LogP contribution in [0, 0.1) is 0 Å². The minimum Gasteiger partial charge on any atom is -0.350 e. The third kappa shape index (κ3) is 4.86. The number of aromatic nitrogens is 1. The Morgan fingerprint density at radius 3 is 2.64 bits per heavy atom. The van der Waals surface area contributed by atoms with E-state index in [0.29, 0.717) is 21.2 Å². The van der Waals surface area contributed by atoms with Crippen molar-refractivity contribution in [3.8, 4) is 0 Å². The molecular formula is C18H12Cl3N3O3S. The molecule has 2 heterocycles. The van der Waals surface area contributed by atoms with Gasteiger partial charge in [-0.25, -0.2) is 4.98 Å². The first-order chi connectivity index (χ1) is 13.3. The first-order valence-corrected chi connectivity index (χ1v) is 9.90. The van der Waals surface area contributed by atoms with Crippen molar-refractivity contribution in [1.82, 2.24) is 15.2 Å². The maximum Gasteiger partial charge on any atom is 0.293 e. The van der Waals surface area contributed by atoms with Crippen LogP contribution in [-0.2, 0) is 4.79 Å². The van der Waals surface area contributed by atoms with Gasteiger partial charge in [0.05, 0.1) is 10.5 Å². The number of amides is 3. The quantitative estimate of drug-likeness (QED) is 0.529. The van der Waals surface area contributed by atoms with Crippen LogP contribution in [-0.4, -0.2) is 40.0 Å². The molecule has 0 unspecified atom stereocenters. The number of imide groups is 1. The molecule has 0 saturated carbocycles. The van der Waals surface area contributed by atoms with Crippen molar-refractivity contribution >= 4 is 69.7 Å². The van der Waals surface area contributed by atoms with E-state index in [-0.39, 0.29) is 29.1 Å². The summed E-state index contributed by atoms with van der Waals surface area (Å²) in [6.07, 6.45) is 2.89. The molecule has 1 aliphatic rings. The Hall–Kier alpha value is -2.06. The number of hydrogen-bond acceptors (Lipinski definition) is 5. The van der Waals surface area contributed by atoms with Crippen LogP contribution in [0.25, 0.3) is 6.08 Å². The van der Waals surface area contributed by atoms with Crippen molar-refractivity contribution in [2.24, 2.45) is 0 Å². The Bertz CT molecular complexity index is 980. The summed E-state index contributed by atoms with van der Waals surface area (Å²) >= 11 is 18.5. The monoisotopic (exact) mass is 455 g/mol. The number of carbonyl (C=O) groups is 3. The average Bonchev–Trinajstić information content (AvgIpc) is 2.92. The molecule has 10 heteroatoms. The second kappa shape index (κ2) is 8.96. The summed E-state index contributed by atoms with van der Waals surface area (Å²) in [5, 5.41) is 3.35. The molecule has 1 aliphatic heterocycles. The molecule has 28 heavy (non-hydrogen) atoms. The first-order valence-electron chi connectivity index (χ1n) is 7.95. The Morgan fingerprint density at radius 1 is 1.18 bits per heavy atom. The van der Waals surface area contributed by atoms with Crippen LogP contribution in [0.4, 0.5) is 4.79 Å². The van der Waals surface area contributed by atoms with Gasteiger partial charge in [-0.05, 0) is 47.7 Å². The predicted molar refractivity (Wildman–Crippen MR) is 111 cm³/mol. The smallest absolute Gasteiger partial charge is 0.293 e. The third-order valence-corrected chi connectivity index (χ3v) is 5.43. The fraction of sp³-hybridized carbons (Fsp3) is 0.111. The van der Waals surface area contributed by atoms with E-state index in [1.54, 1.807) is 24.3 Å². The number of thioether (sulfide) groups is 1. The highest BCUT2D eigenvalue weighted by Gasteiger charge is 2.34. The summed E-state index contributed by atoms with van der Waals surface area (Å²) in [6, 6.07) is 7.90. The minimum absolute atomic E-state index is 0.0448. The van der Waals surface area contributed by atoms with Gasteiger partial charge in [-0.3, -0.25) is 19.3 Å². The molecule has 1 aromatic heterocycles. The number of benzene rings is 1. The topological polar surface area (TPSA) is 79.4 Å². The van der Waals surface area contributed by atoms with E-state index >= 15 is 0 Å². The number of pyridine rings is 1. The lowest BCUT2D eigenvalue weighted by Crippen LogP contribution is -2.37. The SMILES string of the molecule is O=C(NCCN1C(=O)S/C(=C\c2ccc(Cl)cc2Cl)C1=O)c1ccc(Cl)nc1. The lowest BCUT2D eigenvalue weighted by Gasteiger charge is -2.13. The van der Waals surface area contributed by atoms with Crippen molar-refractivity contribution in [3.63, 3.8) is 0 Å². The van der Waals surface area contributed by atoms with Crippen LogP contribution in [0.1, 0.15) is 15.9 Å². The summed E-state index contributed by atoms with van der Waals surface area (Å²) in [5.41, 5.74) is 0.913. The largest absolute Gasteiger partial charge is 0.350 e. The Morgan fingerprint density at radius 2 is 1.96 bits per heavy atom. The zero-order chi connectivity index (χ0) is 20.3. The lowest BCUT2D eigenvalue weighted by atomic mass is 10.2. The average molecular weight is 457 g/mol. The van der Waals surface area contributed by atoms with Crippen LogP contribution in [0.15, 0.2) is 41.4 Å². The van der Waals surface area contributed by atoms with Crippen LogP contribution in [0.5, 0.6) is 0 Å². The predicted octanol–water partition coefficient (Wildman–Crippen LogP) is 4.51. The molecule has 0 radical (unpaired) electrons. The van der Waals surface area contributed by atoms with Crippen LogP contribution >= 0.6 is 46.6 Å². The van der Waals surface area contributed by atoms with Crippen molar-refractivity contribution < 1.29 is 14.4 Å². The van der Waals surface area contributed by atoms with Gasteiger partial charge >= 0.3 is 0 Å². The number of hydrogen-bond donors (Lipinski definition) is 1. The van der Waals surface area contributed by atoms with E-state index in [4.69, 9.17) is 34.8 Å². The van der Waals surface area contributed by atoms with E-state index in [0.717, 1.165) is 16.7 Å². The van der Waals surface area contributed by atoms with Gasteiger partial charge in [-0.2, -0.15) is 0 Å². The number of halogens is 3. The van der Waals surface area contributed by atoms with Gasteiger partial charge in [0.1, 0.15) is 5.15 Å². The Kier molecular flexibility index (Phi) is 6.61. The van der Waals surface area contributed by atoms with Crippen LogP contribution < -0.4 is 5.32 Å². The molecular weight excluding hydrogens is 445 g/mol. The molecule has 3 amide bonds. The fourth-order valence-electron chi connectivity index (χ4n) is 2.35. The maximum absolute atomic E-state index is 12.5. The molecule has 1 fully saturated rings. The van der Waals surface area contributed by atoms with Crippen LogP contribution in [0.3, 0.4) is 0 Å². The van der Waals surface area contributed by atoms with E-state index in [1.807, 2.05) is 0 Å². The molecule has 3 rings (SSSR count).